The number of rotatable bonds is 3. The summed E-state index contributed by atoms with van der Waals surface area (Å²) in [5.74, 6) is 0. The first kappa shape index (κ1) is 11.6. The van der Waals surface area contributed by atoms with Crippen LogP contribution in [0, 0.1) is 6.92 Å². The van der Waals surface area contributed by atoms with Gasteiger partial charge in [0.05, 0.1) is 11.9 Å². The summed E-state index contributed by atoms with van der Waals surface area (Å²) in [5, 5.41) is 9.52. The molecule has 0 unspecified atom stereocenters. The summed E-state index contributed by atoms with van der Waals surface area (Å²) < 4.78 is 26.7. The molecule has 7 heteroatoms. The number of H-pyrrole nitrogens is 1. The highest BCUT2D eigenvalue weighted by Crippen LogP contribution is 2.13. The van der Waals surface area contributed by atoms with E-state index in [9.17, 15) is 8.42 Å². The Labute approximate surface area is 94.9 Å². The highest BCUT2D eigenvalue weighted by Gasteiger charge is 2.23. The summed E-state index contributed by atoms with van der Waals surface area (Å²) in [5.41, 5.74) is 0.566. The molecule has 0 saturated carbocycles. The molecular weight excluding hydrogens is 228 g/mol. The molecule has 0 spiro atoms. The molecule has 0 amide bonds. The Kier molecular flexibility index (Phi) is 3.27. The molecule has 2 rings (SSSR count). The van der Waals surface area contributed by atoms with Crippen molar-refractivity contribution in [2.24, 2.45) is 0 Å². The van der Waals surface area contributed by atoms with Crippen molar-refractivity contribution >= 4 is 10.0 Å². The predicted octanol–water partition coefficient (Wildman–Crippen LogP) is -0.252. The maximum absolute atomic E-state index is 12.0. The normalized spacial score (nSPS) is 22.2. The molecular formula is C9H16N4O2S. The second kappa shape index (κ2) is 4.52. The standard InChI is InChI=1S/C9H16N4O2S/c1-7-9(6-11-12-7)16(14,15)13-8-3-2-4-10-5-8/h6,8,10,13H,2-5H2,1H3,(H,11,12)/t8-/m0/s1. The number of hydrogen-bond acceptors (Lipinski definition) is 4. The third kappa shape index (κ3) is 2.42. The molecule has 16 heavy (non-hydrogen) atoms. The molecule has 1 aliphatic heterocycles. The molecule has 1 aliphatic rings. The zero-order valence-corrected chi connectivity index (χ0v) is 9.97. The fourth-order valence-electron chi connectivity index (χ4n) is 1.85. The van der Waals surface area contributed by atoms with Crippen LogP contribution in [0.15, 0.2) is 11.1 Å². The van der Waals surface area contributed by atoms with E-state index in [0.29, 0.717) is 12.2 Å². The van der Waals surface area contributed by atoms with E-state index in [2.05, 4.69) is 20.2 Å². The summed E-state index contributed by atoms with van der Waals surface area (Å²) in [7, 11) is -3.43. The SMILES string of the molecule is Cc1[nH]ncc1S(=O)(=O)N[C@H]1CCCNC1. The maximum atomic E-state index is 12.0. The predicted molar refractivity (Wildman–Crippen MR) is 59.5 cm³/mol. The number of aromatic amines is 1. The summed E-state index contributed by atoms with van der Waals surface area (Å²) in [6, 6.07) is -0.0203. The first-order chi connectivity index (χ1) is 7.59. The van der Waals surface area contributed by atoms with Crippen LogP contribution in [0.2, 0.25) is 0 Å². The van der Waals surface area contributed by atoms with Crippen LogP contribution in [0.1, 0.15) is 18.5 Å². The highest BCUT2D eigenvalue weighted by atomic mass is 32.2. The smallest absolute Gasteiger partial charge is 0.244 e. The van der Waals surface area contributed by atoms with Crippen molar-refractivity contribution in [3.05, 3.63) is 11.9 Å². The monoisotopic (exact) mass is 244 g/mol. The van der Waals surface area contributed by atoms with Crippen molar-refractivity contribution in [3.8, 4) is 0 Å². The molecule has 0 aromatic carbocycles. The van der Waals surface area contributed by atoms with Crippen molar-refractivity contribution < 1.29 is 8.42 Å². The van der Waals surface area contributed by atoms with E-state index in [1.807, 2.05) is 0 Å². The molecule has 3 N–H and O–H groups in total. The van der Waals surface area contributed by atoms with Crippen LogP contribution in [0.5, 0.6) is 0 Å². The number of aryl methyl sites for hydroxylation is 1. The Morgan fingerprint density at radius 2 is 2.38 bits per heavy atom. The Morgan fingerprint density at radius 3 is 2.94 bits per heavy atom. The van der Waals surface area contributed by atoms with Gasteiger partial charge in [-0.3, -0.25) is 5.10 Å². The molecule has 0 aliphatic carbocycles. The minimum absolute atomic E-state index is 0.0203. The van der Waals surface area contributed by atoms with E-state index in [1.54, 1.807) is 6.92 Å². The Balaban J connectivity index is 2.11. The molecule has 0 radical (unpaired) electrons. The number of aromatic nitrogens is 2. The van der Waals surface area contributed by atoms with Gasteiger partial charge < -0.3 is 5.32 Å². The minimum Gasteiger partial charge on any atom is -0.315 e. The van der Waals surface area contributed by atoms with Crippen LogP contribution >= 0.6 is 0 Å². The Bertz CT molecular complexity index is 448. The Morgan fingerprint density at radius 1 is 1.56 bits per heavy atom. The molecule has 1 saturated heterocycles. The first-order valence-corrected chi connectivity index (χ1v) is 6.81. The van der Waals surface area contributed by atoms with Gasteiger partial charge in [-0.15, -0.1) is 0 Å². The van der Waals surface area contributed by atoms with Gasteiger partial charge in [0.15, 0.2) is 0 Å². The lowest BCUT2D eigenvalue weighted by molar-refractivity contribution is 0.428. The molecule has 6 nitrogen and oxygen atoms in total. The maximum Gasteiger partial charge on any atom is 0.244 e. The van der Waals surface area contributed by atoms with E-state index in [0.717, 1.165) is 19.4 Å². The fraction of sp³-hybridized carbons (Fsp3) is 0.667. The van der Waals surface area contributed by atoms with Crippen LogP contribution in [0.3, 0.4) is 0 Å². The molecule has 90 valence electrons. The quantitative estimate of drug-likeness (QED) is 0.684. The first-order valence-electron chi connectivity index (χ1n) is 5.32. The van der Waals surface area contributed by atoms with E-state index < -0.39 is 10.0 Å². The lowest BCUT2D eigenvalue weighted by Gasteiger charge is -2.23. The number of nitrogens with zero attached hydrogens (tertiary/aromatic N) is 1. The van der Waals surface area contributed by atoms with E-state index >= 15 is 0 Å². The molecule has 2 heterocycles. The topological polar surface area (TPSA) is 86.9 Å². The molecule has 1 aromatic heterocycles. The van der Waals surface area contributed by atoms with Crippen molar-refractivity contribution in [2.45, 2.75) is 30.7 Å². The fourth-order valence-corrected chi connectivity index (χ4v) is 3.25. The van der Waals surface area contributed by atoms with E-state index in [4.69, 9.17) is 0 Å². The van der Waals surface area contributed by atoms with Crippen molar-refractivity contribution in [3.63, 3.8) is 0 Å². The highest BCUT2D eigenvalue weighted by molar-refractivity contribution is 7.89. The minimum atomic E-state index is -3.43. The third-order valence-corrected chi connectivity index (χ3v) is 4.33. The number of sulfonamides is 1. The van der Waals surface area contributed by atoms with Gasteiger partial charge in [-0.1, -0.05) is 0 Å². The lowest BCUT2D eigenvalue weighted by atomic mass is 10.1. The largest absolute Gasteiger partial charge is 0.315 e. The van der Waals surface area contributed by atoms with Crippen molar-refractivity contribution in [1.82, 2.24) is 20.2 Å². The van der Waals surface area contributed by atoms with Gasteiger partial charge in [-0.2, -0.15) is 5.10 Å². The summed E-state index contributed by atoms with van der Waals surface area (Å²) in [6.45, 7) is 3.35. The van der Waals surface area contributed by atoms with Crippen molar-refractivity contribution in [1.29, 1.82) is 0 Å². The molecule has 0 bridgehead atoms. The van der Waals surface area contributed by atoms with E-state index in [1.165, 1.54) is 6.20 Å². The van der Waals surface area contributed by atoms with Crippen LogP contribution in [-0.4, -0.2) is 37.7 Å². The van der Waals surface area contributed by atoms with Gasteiger partial charge in [0, 0.05) is 12.6 Å². The van der Waals surface area contributed by atoms with Crippen LogP contribution in [-0.2, 0) is 10.0 Å². The summed E-state index contributed by atoms with van der Waals surface area (Å²) >= 11 is 0. The average molecular weight is 244 g/mol. The van der Waals surface area contributed by atoms with Gasteiger partial charge >= 0.3 is 0 Å². The molecule has 1 aromatic rings. The number of hydrogen-bond donors (Lipinski definition) is 3. The van der Waals surface area contributed by atoms with Crippen LogP contribution < -0.4 is 10.0 Å². The van der Waals surface area contributed by atoms with E-state index in [-0.39, 0.29) is 10.9 Å². The van der Waals surface area contributed by atoms with Gasteiger partial charge in [0.1, 0.15) is 4.90 Å². The third-order valence-electron chi connectivity index (χ3n) is 2.69. The zero-order chi connectivity index (χ0) is 11.6. The van der Waals surface area contributed by atoms with Gasteiger partial charge in [-0.05, 0) is 26.3 Å². The second-order valence-corrected chi connectivity index (χ2v) is 5.71. The Hall–Kier alpha value is -0.920. The average Bonchev–Trinajstić information content (AvgIpc) is 2.66. The number of nitrogens with one attached hydrogen (secondary N) is 3. The molecule has 1 fully saturated rings. The van der Waals surface area contributed by atoms with Crippen LogP contribution in [0.25, 0.3) is 0 Å². The van der Waals surface area contributed by atoms with Crippen molar-refractivity contribution in [2.75, 3.05) is 13.1 Å². The summed E-state index contributed by atoms with van der Waals surface area (Å²) in [6.07, 6.45) is 3.22. The lowest BCUT2D eigenvalue weighted by Crippen LogP contribution is -2.45. The molecule has 1 atom stereocenters. The summed E-state index contributed by atoms with van der Waals surface area (Å²) in [4.78, 5) is 0.234. The second-order valence-electron chi connectivity index (χ2n) is 4.02. The van der Waals surface area contributed by atoms with Gasteiger partial charge in [0.25, 0.3) is 0 Å². The van der Waals surface area contributed by atoms with Gasteiger partial charge in [-0.25, -0.2) is 13.1 Å². The van der Waals surface area contributed by atoms with Gasteiger partial charge in [0.2, 0.25) is 10.0 Å². The zero-order valence-electron chi connectivity index (χ0n) is 9.16. The number of piperidine rings is 1. The van der Waals surface area contributed by atoms with Crippen LogP contribution in [0.4, 0.5) is 0 Å².